The van der Waals surface area contributed by atoms with Gasteiger partial charge in [0.25, 0.3) is 0 Å². The highest BCUT2D eigenvalue weighted by Crippen LogP contribution is 2.50. The molecule has 0 N–H and O–H groups in total. The molecule has 2 fully saturated rings. The van der Waals surface area contributed by atoms with Gasteiger partial charge < -0.3 is 9.64 Å². The van der Waals surface area contributed by atoms with Crippen molar-refractivity contribution in [1.82, 2.24) is 29.7 Å². The Morgan fingerprint density at radius 1 is 1.06 bits per heavy atom. The highest BCUT2D eigenvalue weighted by atomic mass is 19.4. The van der Waals surface area contributed by atoms with Crippen molar-refractivity contribution in [3.8, 4) is 0 Å². The minimum atomic E-state index is -4.18. The topological polar surface area (TPSA) is 81.9 Å². The number of fused-ring (bicyclic) bond motifs is 1. The summed E-state index contributed by atoms with van der Waals surface area (Å²) in [6, 6.07) is 0. The number of halogens is 3. The maximum atomic E-state index is 13.1. The van der Waals surface area contributed by atoms with Crippen LogP contribution in [0.25, 0.3) is 11.2 Å². The lowest BCUT2D eigenvalue weighted by Gasteiger charge is -2.37. The number of rotatable bonds is 3. The molecule has 8 nitrogen and oxygen atoms in total. The second kappa shape index (κ2) is 7.65. The Morgan fingerprint density at radius 3 is 2.50 bits per heavy atom. The van der Waals surface area contributed by atoms with Crippen molar-refractivity contribution in [1.29, 1.82) is 0 Å². The van der Waals surface area contributed by atoms with Gasteiger partial charge in [0.2, 0.25) is 5.95 Å². The Balaban J connectivity index is 1.50. The fourth-order valence-corrected chi connectivity index (χ4v) is 4.29. The molecule has 32 heavy (non-hydrogen) atoms. The van der Waals surface area contributed by atoms with E-state index in [-0.39, 0.29) is 24.9 Å². The average Bonchev–Trinajstić information content (AvgIpc) is 3.13. The lowest BCUT2D eigenvalue weighted by molar-refractivity contribution is -0.197. The number of morpholine rings is 1. The number of anilines is 1. The Morgan fingerprint density at radius 2 is 1.81 bits per heavy atom. The highest BCUT2D eigenvalue weighted by Gasteiger charge is 2.49. The molecule has 3 aromatic rings. The van der Waals surface area contributed by atoms with Gasteiger partial charge in [-0.05, 0) is 26.7 Å². The Kier molecular flexibility index (Phi) is 5.03. The fraction of sp³-hybridized carbons (Fsp3) is 0.571. The van der Waals surface area contributed by atoms with Gasteiger partial charge in [0.05, 0.1) is 42.3 Å². The largest absolute Gasteiger partial charge is 0.391 e. The van der Waals surface area contributed by atoms with Crippen LogP contribution in [0, 0.1) is 19.8 Å². The molecule has 1 aliphatic carbocycles. The molecule has 0 amide bonds. The zero-order valence-corrected chi connectivity index (χ0v) is 18.1. The van der Waals surface area contributed by atoms with Gasteiger partial charge in [-0.2, -0.15) is 23.3 Å². The summed E-state index contributed by atoms with van der Waals surface area (Å²) in [7, 11) is 1.85. The molecule has 11 heteroatoms. The van der Waals surface area contributed by atoms with E-state index in [4.69, 9.17) is 9.72 Å². The molecule has 1 saturated carbocycles. The summed E-state index contributed by atoms with van der Waals surface area (Å²) in [5.74, 6) is -1.14. The van der Waals surface area contributed by atoms with Gasteiger partial charge in [-0.25, -0.2) is 15.0 Å². The predicted octanol–water partition coefficient (Wildman–Crippen LogP) is 3.40. The van der Waals surface area contributed by atoms with Crippen LogP contribution in [0.15, 0.2) is 12.4 Å². The molecule has 1 atom stereocenters. The summed E-state index contributed by atoms with van der Waals surface area (Å²) < 4.78 is 46.9. The molecule has 5 rings (SSSR count). The third-order valence-corrected chi connectivity index (χ3v) is 6.39. The molecule has 0 radical (unpaired) electrons. The van der Waals surface area contributed by atoms with E-state index in [1.807, 2.05) is 32.0 Å². The molecule has 1 saturated heterocycles. The summed E-state index contributed by atoms with van der Waals surface area (Å²) in [6.07, 6.45) is -0.657. The van der Waals surface area contributed by atoms with Crippen molar-refractivity contribution in [2.75, 3.05) is 24.6 Å². The molecule has 0 aromatic carbocycles. The van der Waals surface area contributed by atoms with E-state index in [1.165, 1.54) is 0 Å². The van der Waals surface area contributed by atoms with E-state index in [2.05, 4.69) is 20.1 Å². The van der Waals surface area contributed by atoms with Crippen LogP contribution >= 0.6 is 0 Å². The lowest BCUT2D eigenvalue weighted by atomic mass is 9.72. The molecule has 1 aliphatic heterocycles. The quantitative estimate of drug-likeness (QED) is 0.609. The maximum absolute atomic E-state index is 13.1. The SMILES string of the molecule is Cc1nc2nc(N3CCO[C@@H](c4cnn(C)c4)C3)nc([C@H]3C[C@H](C(F)(F)F)C3)c2nc1C. The molecule has 0 bridgehead atoms. The number of hydrogen-bond acceptors (Lipinski definition) is 7. The molecule has 0 spiro atoms. The van der Waals surface area contributed by atoms with Gasteiger partial charge in [0.1, 0.15) is 11.6 Å². The first-order valence-electron chi connectivity index (χ1n) is 10.6. The van der Waals surface area contributed by atoms with E-state index in [1.54, 1.807) is 10.9 Å². The van der Waals surface area contributed by atoms with Gasteiger partial charge in [0, 0.05) is 31.3 Å². The minimum absolute atomic E-state index is 0.0189. The number of nitrogens with zero attached hydrogens (tertiary/aromatic N) is 7. The fourth-order valence-electron chi connectivity index (χ4n) is 4.29. The normalized spacial score (nSPS) is 24.1. The summed E-state index contributed by atoms with van der Waals surface area (Å²) in [4.78, 5) is 20.5. The van der Waals surface area contributed by atoms with Crippen molar-refractivity contribution < 1.29 is 17.9 Å². The van der Waals surface area contributed by atoms with Crippen LogP contribution in [0.5, 0.6) is 0 Å². The molecule has 170 valence electrons. The highest BCUT2D eigenvalue weighted by molar-refractivity contribution is 5.75. The first-order chi connectivity index (χ1) is 15.2. The Bertz CT molecular complexity index is 1160. The molecular weight excluding hydrogens is 423 g/mol. The molecule has 2 aliphatic rings. The van der Waals surface area contributed by atoms with Crippen molar-refractivity contribution in [3.63, 3.8) is 0 Å². The van der Waals surface area contributed by atoms with Gasteiger partial charge in [-0.3, -0.25) is 4.68 Å². The lowest BCUT2D eigenvalue weighted by Crippen LogP contribution is -2.40. The van der Waals surface area contributed by atoms with E-state index in [9.17, 15) is 13.2 Å². The Hall–Kier alpha value is -2.82. The van der Waals surface area contributed by atoms with Crippen LogP contribution in [0.2, 0.25) is 0 Å². The zero-order valence-electron chi connectivity index (χ0n) is 18.1. The molecular formula is C21H24F3N7O. The molecule has 0 unspecified atom stereocenters. The van der Waals surface area contributed by atoms with E-state index in [0.717, 1.165) is 17.0 Å². The van der Waals surface area contributed by atoms with Gasteiger partial charge in [0.15, 0.2) is 5.65 Å². The van der Waals surface area contributed by atoms with Crippen LogP contribution in [0.1, 0.15) is 47.5 Å². The minimum Gasteiger partial charge on any atom is -0.370 e. The van der Waals surface area contributed by atoms with Crippen LogP contribution in [0.4, 0.5) is 19.1 Å². The second-order valence-corrected chi connectivity index (χ2v) is 8.64. The van der Waals surface area contributed by atoms with Crippen molar-refractivity contribution >= 4 is 17.1 Å². The number of hydrogen-bond donors (Lipinski definition) is 0. The maximum Gasteiger partial charge on any atom is 0.391 e. The number of aryl methyl sites for hydroxylation is 3. The third-order valence-electron chi connectivity index (χ3n) is 6.39. The summed E-state index contributed by atoms with van der Waals surface area (Å²) in [5, 5.41) is 4.21. The third kappa shape index (κ3) is 3.78. The molecule has 3 aromatic heterocycles. The van der Waals surface area contributed by atoms with Crippen molar-refractivity contribution in [2.24, 2.45) is 13.0 Å². The first-order valence-corrected chi connectivity index (χ1v) is 10.6. The number of alkyl halides is 3. The zero-order chi connectivity index (χ0) is 22.6. The second-order valence-electron chi connectivity index (χ2n) is 8.64. The first kappa shape index (κ1) is 21.0. The summed E-state index contributed by atoms with van der Waals surface area (Å²) >= 11 is 0. The Labute approximate surface area is 182 Å². The van der Waals surface area contributed by atoms with Crippen LogP contribution in [-0.2, 0) is 11.8 Å². The molecule has 4 heterocycles. The monoisotopic (exact) mass is 447 g/mol. The van der Waals surface area contributed by atoms with Gasteiger partial charge >= 0.3 is 6.18 Å². The average molecular weight is 447 g/mol. The van der Waals surface area contributed by atoms with Gasteiger partial charge in [-0.15, -0.1) is 0 Å². The van der Waals surface area contributed by atoms with Crippen molar-refractivity contribution in [3.05, 3.63) is 35.0 Å². The van der Waals surface area contributed by atoms with Crippen LogP contribution < -0.4 is 4.90 Å². The van der Waals surface area contributed by atoms with Crippen molar-refractivity contribution in [2.45, 2.75) is 44.9 Å². The summed E-state index contributed by atoms with van der Waals surface area (Å²) in [6.45, 7) is 5.26. The van der Waals surface area contributed by atoms with Crippen LogP contribution in [-0.4, -0.2) is 55.6 Å². The smallest absolute Gasteiger partial charge is 0.370 e. The van der Waals surface area contributed by atoms with Crippen LogP contribution in [0.3, 0.4) is 0 Å². The summed E-state index contributed by atoms with van der Waals surface area (Å²) in [5.41, 5.74) is 3.91. The van der Waals surface area contributed by atoms with E-state index >= 15 is 0 Å². The standard InChI is InChI=1S/C21H24F3N7O/c1-11-12(2)27-19-18(26-11)17(13-6-15(7-13)21(22,23)24)28-20(29-19)31-4-5-32-16(10-31)14-8-25-30(3)9-14/h8-9,13,15-16H,4-7,10H2,1-3H3/t13-,15-,16-/m1/s1. The number of ether oxygens (including phenoxy) is 1. The predicted molar refractivity (Wildman–Crippen MR) is 110 cm³/mol. The van der Waals surface area contributed by atoms with Gasteiger partial charge in [-0.1, -0.05) is 0 Å². The number of aromatic nitrogens is 6. The van der Waals surface area contributed by atoms with E-state index in [0.29, 0.717) is 42.5 Å². The van der Waals surface area contributed by atoms with E-state index < -0.39 is 12.1 Å².